The molecule has 5 nitrogen and oxygen atoms in total. The van der Waals surface area contributed by atoms with E-state index in [9.17, 15) is 9.59 Å². The second-order valence-corrected chi connectivity index (χ2v) is 7.62. The highest BCUT2D eigenvalue weighted by Gasteiger charge is 2.28. The molecule has 3 aromatic carbocycles. The highest BCUT2D eigenvalue weighted by atomic mass is 16.3. The molecule has 0 fully saturated rings. The third-order valence-corrected chi connectivity index (χ3v) is 5.72. The van der Waals surface area contributed by atoms with Gasteiger partial charge in [-0.1, -0.05) is 60.7 Å². The van der Waals surface area contributed by atoms with E-state index in [2.05, 4.69) is 5.10 Å². The summed E-state index contributed by atoms with van der Waals surface area (Å²) in [4.78, 5) is 24.7. The molecular weight excluding hydrogens is 388 g/mol. The normalized spacial score (nSPS) is 15.8. The second kappa shape index (κ2) is 7.69. The molecule has 5 rings (SSSR count). The van der Waals surface area contributed by atoms with Gasteiger partial charge in [-0.15, -0.1) is 0 Å². The summed E-state index contributed by atoms with van der Waals surface area (Å²) < 4.78 is 6.10. The molecule has 0 radical (unpaired) electrons. The first-order valence-electron chi connectivity index (χ1n) is 10.1. The minimum atomic E-state index is -0.150. The molecule has 1 atom stereocenters. The average Bonchev–Trinajstić information content (AvgIpc) is 3.27. The van der Waals surface area contributed by atoms with Gasteiger partial charge in [0.25, 0.3) is 0 Å². The Balaban J connectivity index is 1.56. The lowest BCUT2D eigenvalue weighted by Gasteiger charge is -2.17. The highest BCUT2D eigenvalue weighted by molar-refractivity contribution is 6.04. The molecule has 5 heteroatoms. The molecular formula is C26H20N2O3. The first-order chi connectivity index (χ1) is 15.2. The molecule has 1 aromatic heterocycles. The van der Waals surface area contributed by atoms with Gasteiger partial charge in [0, 0.05) is 17.5 Å². The molecule has 0 spiro atoms. The van der Waals surface area contributed by atoms with Crippen molar-refractivity contribution in [2.24, 2.45) is 5.10 Å². The quantitative estimate of drug-likeness (QED) is 0.443. The van der Waals surface area contributed by atoms with Crippen LogP contribution in [0.5, 0.6) is 0 Å². The Morgan fingerprint density at radius 3 is 2.39 bits per heavy atom. The number of fused-ring (bicyclic) bond motifs is 1. The van der Waals surface area contributed by atoms with Gasteiger partial charge in [0.05, 0.1) is 17.1 Å². The van der Waals surface area contributed by atoms with Gasteiger partial charge in [0.1, 0.15) is 11.3 Å². The van der Waals surface area contributed by atoms with Crippen molar-refractivity contribution in [2.45, 2.75) is 19.4 Å². The molecule has 0 aliphatic carbocycles. The van der Waals surface area contributed by atoms with E-state index in [-0.39, 0.29) is 11.5 Å². The smallest absolute Gasteiger partial charge is 0.230 e. The Labute approximate surface area is 179 Å². The summed E-state index contributed by atoms with van der Waals surface area (Å²) in [6.45, 7) is 1.78. The number of rotatable bonds is 4. The number of benzene rings is 3. The van der Waals surface area contributed by atoms with E-state index in [1.807, 2.05) is 78.9 Å². The summed E-state index contributed by atoms with van der Waals surface area (Å²) in [5, 5.41) is 6.47. The Morgan fingerprint density at radius 2 is 1.68 bits per heavy atom. The summed E-state index contributed by atoms with van der Waals surface area (Å²) in [5.74, 6) is 0.584. The van der Waals surface area contributed by atoms with Crippen molar-refractivity contribution < 1.29 is 9.21 Å². The highest BCUT2D eigenvalue weighted by Crippen LogP contribution is 2.32. The van der Waals surface area contributed by atoms with E-state index >= 15 is 0 Å². The van der Waals surface area contributed by atoms with Crippen molar-refractivity contribution in [1.29, 1.82) is 0 Å². The number of amides is 1. The minimum Gasteiger partial charge on any atom is -0.456 e. The number of carbonyl (C=O) groups is 1. The van der Waals surface area contributed by atoms with Gasteiger partial charge in [0.15, 0.2) is 5.43 Å². The molecule has 0 bridgehead atoms. The zero-order valence-corrected chi connectivity index (χ0v) is 17.0. The van der Waals surface area contributed by atoms with Crippen LogP contribution in [0.15, 0.2) is 93.2 Å². The van der Waals surface area contributed by atoms with Crippen LogP contribution < -0.4 is 5.43 Å². The van der Waals surface area contributed by atoms with Crippen molar-refractivity contribution in [3.63, 3.8) is 0 Å². The molecule has 1 aliphatic rings. The Bertz CT molecular complexity index is 1360. The maximum Gasteiger partial charge on any atom is 0.230 e. The molecule has 0 saturated heterocycles. The van der Waals surface area contributed by atoms with Crippen LogP contribution >= 0.6 is 0 Å². The van der Waals surface area contributed by atoms with E-state index in [1.165, 1.54) is 5.01 Å². The number of hydrogen-bond acceptors (Lipinski definition) is 4. The predicted molar refractivity (Wildman–Crippen MR) is 121 cm³/mol. The monoisotopic (exact) mass is 408 g/mol. The minimum absolute atomic E-state index is 0.0626. The fourth-order valence-electron chi connectivity index (χ4n) is 4.08. The zero-order valence-electron chi connectivity index (χ0n) is 17.0. The molecule has 31 heavy (non-hydrogen) atoms. The summed E-state index contributed by atoms with van der Waals surface area (Å²) in [6.07, 6.45) is 1.33. The summed E-state index contributed by atoms with van der Waals surface area (Å²) in [7, 11) is 0. The molecule has 152 valence electrons. The van der Waals surface area contributed by atoms with Crippen LogP contribution in [0.3, 0.4) is 0 Å². The van der Waals surface area contributed by atoms with Crippen molar-refractivity contribution in [3.8, 4) is 11.3 Å². The lowest BCUT2D eigenvalue weighted by atomic mass is 9.97. The average molecular weight is 408 g/mol. The van der Waals surface area contributed by atoms with Crippen LogP contribution in [0.4, 0.5) is 0 Å². The molecule has 1 aliphatic heterocycles. The standard InChI is InChI=1S/C26H20N2O3/c1-17-25(30)21-14-20(12-13-24(21)31-26(17)19-10-6-3-7-11-19)22-15-23(28(16-29)27-22)18-8-4-2-5-9-18/h2-14,16,23H,15H2,1H3. The van der Waals surface area contributed by atoms with Crippen LogP contribution in [0.1, 0.15) is 29.2 Å². The van der Waals surface area contributed by atoms with E-state index in [0.29, 0.717) is 28.7 Å². The number of carbonyl (C=O) groups excluding carboxylic acids is 1. The molecule has 1 amide bonds. The van der Waals surface area contributed by atoms with Gasteiger partial charge in [-0.2, -0.15) is 5.10 Å². The van der Waals surface area contributed by atoms with E-state index < -0.39 is 0 Å². The number of nitrogens with zero attached hydrogens (tertiary/aromatic N) is 2. The molecule has 4 aromatic rings. The molecule has 0 saturated carbocycles. The van der Waals surface area contributed by atoms with Crippen molar-refractivity contribution in [3.05, 3.63) is 106 Å². The van der Waals surface area contributed by atoms with E-state index in [1.54, 1.807) is 6.92 Å². The lowest BCUT2D eigenvalue weighted by molar-refractivity contribution is -0.119. The predicted octanol–water partition coefficient (Wildman–Crippen LogP) is 5.08. The fourth-order valence-corrected chi connectivity index (χ4v) is 4.08. The Morgan fingerprint density at radius 1 is 0.968 bits per heavy atom. The van der Waals surface area contributed by atoms with Gasteiger partial charge in [-0.05, 0) is 36.2 Å². The van der Waals surface area contributed by atoms with Crippen LogP contribution in [-0.4, -0.2) is 17.1 Å². The summed E-state index contributed by atoms with van der Waals surface area (Å²) in [5.41, 5.74) is 4.52. The van der Waals surface area contributed by atoms with Gasteiger partial charge >= 0.3 is 0 Å². The van der Waals surface area contributed by atoms with Crippen LogP contribution in [0, 0.1) is 6.92 Å². The van der Waals surface area contributed by atoms with Gasteiger partial charge in [-0.25, -0.2) is 5.01 Å². The van der Waals surface area contributed by atoms with Gasteiger partial charge in [-0.3, -0.25) is 9.59 Å². The maximum atomic E-state index is 13.1. The van der Waals surface area contributed by atoms with Crippen LogP contribution in [0.25, 0.3) is 22.3 Å². The van der Waals surface area contributed by atoms with Crippen molar-refractivity contribution in [1.82, 2.24) is 5.01 Å². The van der Waals surface area contributed by atoms with Gasteiger partial charge < -0.3 is 4.42 Å². The fraction of sp³-hybridized carbons (Fsp3) is 0.115. The molecule has 1 unspecified atom stereocenters. The third-order valence-electron chi connectivity index (χ3n) is 5.72. The van der Waals surface area contributed by atoms with Crippen LogP contribution in [-0.2, 0) is 4.79 Å². The first-order valence-corrected chi connectivity index (χ1v) is 10.1. The van der Waals surface area contributed by atoms with E-state index in [4.69, 9.17) is 4.42 Å². The summed E-state index contributed by atoms with van der Waals surface area (Å²) >= 11 is 0. The number of hydrogen-bond donors (Lipinski definition) is 0. The van der Waals surface area contributed by atoms with Crippen molar-refractivity contribution in [2.75, 3.05) is 0 Å². The largest absolute Gasteiger partial charge is 0.456 e. The Hall–Kier alpha value is -3.99. The molecule has 2 heterocycles. The second-order valence-electron chi connectivity index (χ2n) is 7.62. The number of hydrazone groups is 1. The van der Waals surface area contributed by atoms with Crippen molar-refractivity contribution >= 4 is 23.1 Å². The van der Waals surface area contributed by atoms with Crippen LogP contribution in [0.2, 0.25) is 0 Å². The SMILES string of the molecule is Cc1c(-c2ccccc2)oc2ccc(C3=NN(C=O)C(c4ccccc4)C3)cc2c1=O. The maximum absolute atomic E-state index is 13.1. The third kappa shape index (κ3) is 3.34. The lowest BCUT2D eigenvalue weighted by Crippen LogP contribution is -2.17. The Kier molecular flexibility index (Phi) is 4.71. The topological polar surface area (TPSA) is 62.9 Å². The molecule has 0 N–H and O–H groups in total. The zero-order chi connectivity index (χ0) is 21.4. The van der Waals surface area contributed by atoms with E-state index in [0.717, 1.165) is 28.8 Å². The summed E-state index contributed by atoms with van der Waals surface area (Å²) in [6, 6.07) is 24.8. The van der Waals surface area contributed by atoms with Gasteiger partial charge in [0.2, 0.25) is 6.41 Å². The first kappa shape index (κ1) is 19.0.